The van der Waals surface area contributed by atoms with Crippen molar-refractivity contribution >= 4 is 12.1 Å². The first-order valence-electron chi connectivity index (χ1n) is 3.29. The van der Waals surface area contributed by atoms with Gasteiger partial charge in [-0.05, 0) is 25.5 Å². The van der Waals surface area contributed by atoms with Crippen molar-refractivity contribution < 1.29 is 4.79 Å². The second-order valence-electron chi connectivity index (χ2n) is 2.02. The maximum absolute atomic E-state index is 10.5. The van der Waals surface area contributed by atoms with Crippen LogP contribution in [0.15, 0.2) is 0 Å². The van der Waals surface area contributed by atoms with E-state index in [2.05, 4.69) is 0 Å². The molecule has 0 radical (unpaired) electrons. The molecule has 0 aliphatic carbocycles. The summed E-state index contributed by atoms with van der Waals surface area (Å²) in [4.78, 5) is 10.5. The summed E-state index contributed by atoms with van der Waals surface area (Å²) < 4.78 is 0. The predicted octanol–water partition coefficient (Wildman–Crippen LogP) is 0.186. The van der Waals surface area contributed by atoms with Crippen molar-refractivity contribution in [3.8, 4) is 0 Å². The van der Waals surface area contributed by atoms with Crippen LogP contribution < -0.4 is 11.3 Å². The van der Waals surface area contributed by atoms with E-state index in [1.165, 1.54) is 6.21 Å². The van der Waals surface area contributed by atoms with Gasteiger partial charge in [-0.2, -0.15) is 0 Å². The summed E-state index contributed by atoms with van der Waals surface area (Å²) in [5, 5.41) is 6.68. The Morgan fingerprint density at radius 3 is 2.80 bits per heavy atom. The minimum absolute atomic E-state index is 0.134. The number of nitrogens with one attached hydrogen (secondary N) is 2. The normalized spacial score (nSPS) is 8.90. The van der Waals surface area contributed by atoms with Crippen LogP contribution in [-0.2, 0) is 4.79 Å². The summed E-state index contributed by atoms with van der Waals surface area (Å²) >= 11 is 0. The summed E-state index contributed by atoms with van der Waals surface area (Å²) in [7, 11) is 0. The smallest absolute Gasteiger partial charge is 0.233 e. The van der Waals surface area contributed by atoms with Crippen molar-refractivity contribution in [2.75, 3.05) is 0 Å². The number of rotatable bonds is 5. The maximum atomic E-state index is 10.5. The van der Waals surface area contributed by atoms with Crippen molar-refractivity contribution in [3.05, 3.63) is 0 Å². The molecule has 0 aliphatic rings. The quantitative estimate of drug-likeness (QED) is 0.169. The molecule has 0 saturated carbocycles. The number of hydrogen-bond donors (Lipinski definition) is 3. The zero-order valence-electron chi connectivity index (χ0n) is 5.89. The maximum Gasteiger partial charge on any atom is 0.233 e. The Bertz CT molecular complexity index is 114. The van der Waals surface area contributed by atoms with Gasteiger partial charge in [0, 0.05) is 6.42 Å². The number of hydrogen-bond acceptors (Lipinski definition) is 3. The molecule has 0 bridgehead atoms. The molecule has 0 aromatic rings. The van der Waals surface area contributed by atoms with E-state index in [1.54, 1.807) is 0 Å². The Morgan fingerprint density at radius 1 is 1.60 bits per heavy atom. The lowest BCUT2D eigenvalue weighted by Crippen LogP contribution is -2.29. The third-order valence-corrected chi connectivity index (χ3v) is 1.16. The fourth-order valence-electron chi connectivity index (χ4n) is 0.604. The molecule has 58 valence electrons. The van der Waals surface area contributed by atoms with Gasteiger partial charge in [0.1, 0.15) is 0 Å². The second-order valence-corrected chi connectivity index (χ2v) is 2.02. The fraction of sp³-hybridized carbons (Fsp3) is 0.667. The molecule has 0 saturated heterocycles. The Hall–Kier alpha value is -0.900. The first-order valence-corrected chi connectivity index (χ1v) is 3.29. The molecule has 0 aromatic carbocycles. The third-order valence-electron chi connectivity index (χ3n) is 1.16. The van der Waals surface area contributed by atoms with Crippen LogP contribution in [0.3, 0.4) is 0 Å². The molecule has 0 fully saturated rings. The molecule has 0 unspecified atom stereocenters. The lowest BCUT2D eigenvalue weighted by atomic mass is 10.2. The first kappa shape index (κ1) is 9.10. The highest BCUT2D eigenvalue weighted by Crippen LogP contribution is 1.96. The molecule has 0 atom stereocenters. The van der Waals surface area contributed by atoms with Crippen molar-refractivity contribution in [2.24, 2.45) is 5.84 Å². The van der Waals surface area contributed by atoms with Crippen LogP contribution in [0.5, 0.6) is 0 Å². The number of carbonyl (C=O) groups is 1. The Kier molecular flexibility index (Phi) is 5.66. The summed E-state index contributed by atoms with van der Waals surface area (Å²) in [6.45, 7) is 0. The predicted molar refractivity (Wildman–Crippen MR) is 39.6 cm³/mol. The number of hydrazine groups is 1. The third kappa shape index (κ3) is 5.24. The SMILES string of the molecule is N=CCCCCC(=O)NN. The van der Waals surface area contributed by atoms with E-state index in [-0.39, 0.29) is 5.91 Å². The molecule has 10 heavy (non-hydrogen) atoms. The molecule has 4 N–H and O–H groups in total. The van der Waals surface area contributed by atoms with Gasteiger partial charge in [-0.1, -0.05) is 0 Å². The van der Waals surface area contributed by atoms with Crippen LogP contribution in [0.4, 0.5) is 0 Å². The van der Waals surface area contributed by atoms with Crippen LogP contribution >= 0.6 is 0 Å². The molecule has 0 aromatic heterocycles. The summed E-state index contributed by atoms with van der Waals surface area (Å²) in [5.74, 6) is 4.71. The standard InChI is InChI=1S/C6H13N3O/c7-5-3-1-2-4-6(10)9-8/h5,7H,1-4,8H2,(H,9,10). The molecule has 4 nitrogen and oxygen atoms in total. The van der Waals surface area contributed by atoms with Crippen molar-refractivity contribution in [1.82, 2.24) is 5.43 Å². The molecular formula is C6H13N3O. The Balaban J connectivity index is 3.03. The topological polar surface area (TPSA) is 79.0 Å². The fourth-order valence-corrected chi connectivity index (χ4v) is 0.604. The van der Waals surface area contributed by atoms with E-state index in [9.17, 15) is 4.79 Å². The summed E-state index contributed by atoms with van der Waals surface area (Å²) in [6, 6.07) is 0. The van der Waals surface area contributed by atoms with E-state index in [0.29, 0.717) is 6.42 Å². The molecule has 0 heterocycles. The zero-order valence-corrected chi connectivity index (χ0v) is 5.89. The van der Waals surface area contributed by atoms with Gasteiger partial charge in [0.2, 0.25) is 5.91 Å². The van der Waals surface area contributed by atoms with Gasteiger partial charge in [0.15, 0.2) is 0 Å². The van der Waals surface area contributed by atoms with Crippen molar-refractivity contribution in [3.63, 3.8) is 0 Å². The number of nitrogens with two attached hydrogens (primary N) is 1. The van der Waals surface area contributed by atoms with Crippen molar-refractivity contribution in [2.45, 2.75) is 25.7 Å². The lowest BCUT2D eigenvalue weighted by molar-refractivity contribution is -0.121. The van der Waals surface area contributed by atoms with Crippen LogP contribution in [0, 0.1) is 5.41 Å². The first-order chi connectivity index (χ1) is 4.81. The van der Waals surface area contributed by atoms with Gasteiger partial charge in [-0.25, -0.2) is 5.84 Å². The van der Waals surface area contributed by atoms with Gasteiger partial charge < -0.3 is 5.41 Å². The van der Waals surface area contributed by atoms with Gasteiger partial charge in [-0.15, -0.1) is 0 Å². The highest BCUT2D eigenvalue weighted by Gasteiger charge is 1.95. The average molecular weight is 143 g/mol. The van der Waals surface area contributed by atoms with E-state index in [0.717, 1.165) is 19.3 Å². The molecule has 0 spiro atoms. The summed E-state index contributed by atoms with van der Waals surface area (Å²) in [6.07, 6.45) is 4.25. The van der Waals surface area contributed by atoms with E-state index >= 15 is 0 Å². The minimum atomic E-state index is -0.134. The molecule has 0 aliphatic heterocycles. The van der Waals surface area contributed by atoms with Crippen LogP contribution in [-0.4, -0.2) is 12.1 Å². The van der Waals surface area contributed by atoms with Gasteiger partial charge >= 0.3 is 0 Å². The largest absolute Gasteiger partial charge is 0.313 e. The Morgan fingerprint density at radius 2 is 2.30 bits per heavy atom. The molecule has 4 heteroatoms. The van der Waals surface area contributed by atoms with Crippen LogP contribution in [0.25, 0.3) is 0 Å². The highest BCUT2D eigenvalue weighted by molar-refractivity contribution is 5.75. The van der Waals surface area contributed by atoms with E-state index in [4.69, 9.17) is 11.3 Å². The zero-order chi connectivity index (χ0) is 7.82. The van der Waals surface area contributed by atoms with Crippen LogP contribution in [0.2, 0.25) is 0 Å². The monoisotopic (exact) mass is 143 g/mol. The van der Waals surface area contributed by atoms with Gasteiger partial charge in [-0.3, -0.25) is 10.2 Å². The second kappa shape index (κ2) is 6.22. The highest BCUT2D eigenvalue weighted by atomic mass is 16.2. The van der Waals surface area contributed by atoms with Crippen molar-refractivity contribution in [1.29, 1.82) is 5.41 Å². The molecular weight excluding hydrogens is 130 g/mol. The molecule has 0 rings (SSSR count). The van der Waals surface area contributed by atoms with Crippen LogP contribution in [0.1, 0.15) is 25.7 Å². The molecule has 1 amide bonds. The Labute approximate surface area is 60.3 Å². The van der Waals surface area contributed by atoms with Gasteiger partial charge in [0.25, 0.3) is 0 Å². The van der Waals surface area contributed by atoms with E-state index < -0.39 is 0 Å². The lowest BCUT2D eigenvalue weighted by Gasteiger charge is -1.96. The number of unbranched alkanes of at least 4 members (excludes halogenated alkanes) is 2. The van der Waals surface area contributed by atoms with Gasteiger partial charge in [0.05, 0.1) is 0 Å². The van der Waals surface area contributed by atoms with E-state index in [1.807, 2.05) is 5.43 Å². The average Bonchev–Trinajstić information content (AvgIpc) is 1.98. The minimum Gasteiger partial charge on any atom is -0.313 e. The summed E-state index contributed by atoms with van der Waals surface area (Å²) in [5.41, 5.74) is 2.05. The number of carbonyl (C=O) groups excluding carboxylic acids is 1. The number of amides is 1.